The third kappa shape index (κ3) is 6.04. The highest BCUT2D eigenvalue weighted by atomic mass is 35.5. The number of benzene rings is 2. The van der Waals surface area contributed by atoms with Crippen molar-refractivity contribution in [1.82, 2.24) is 10.6 Å². The average molecular weight is 331 g/mol. The van der Waals surface area contributed by atoms with Gasteiger partial charge in [0.25, 0.3) is 0 Å². The molecule has 1 amide bonds. The number of hydrogen-bond donors (Lipinski definition) is 2. The van der Waals surface area contributed by atoms with E-state index in [1.165, 1.54) is 6.08 Å². The summed E-state index contributed by atoms with van der Waals surface area (Å²) in [6, 6.07) is 17.3. The number of hydrogen-bond acceptors (Lipinski definition) is 3. The van der Waals surface area contributed by atoms with Gasteiger partial charge in [0.1, 0.15) is 10.9 Å². The molecular weight excluding hydrogens is 312 g/mol. The van der Waals surface area contributed by atoms with Crippen LogP contribution in [0.25, 0.3) is 0 Å². The number of carbonyl (C=O) groups excluding carboxylic acids is 1. The van der Waals surface area contributed by atoms with Crippen LogP contribution in [-0.4, -0.2) is 13.0 Å². The van der Waals surface area contributed by atoms with Crippen molar-refractivity contribution in [2.75, 3.05) is 7.11 Å². The predicted molar refractivity (Wildman–Crippen MR) is 92.1 cm³/mol. The van der Waals surface area contributed by atoms with Crippen LogP contribution in [0.4, 0.5) is 0 Å². The van der Waals surface area contributed by atoms with Gasteiger partial charge in [0.2, 0.25) is 5.91 Å². The minimum absolute atomic E-state index is 0.235. The van der Waals surface area contributed by atoms with E-state index < -0.39 is 0 Å². The van der Waals surface area contributed by atoms with Crippen molar-refractivity contribution in [3.63, 3.8) is 0 Å². The number of rotatable bonds is 7. The van der Waals surface area contributed by atoms with Gasteiger partial charge >= 0.3 is 0 Å². The number of halogens is 1. The maximum atomic E-state index is 11.8. The van der Waals surface area contributed by atoms with Gasteiger partial charge in [-0.3, -0.25) is 4.79 Å². The van der Waals surface area contributed by atoms with E-state index in [4.69, 9.17) is 16.3 Å². The fourth-order valence-corrected chi connectivity index (χ4v) is 2.10. The molecule has 2 rings (SSSR count). The summed E-state index contributed by atoms with van der Waals surface area (Å²) in [5, 5.41) is 6.07. The first-order chi connectivity index (χ1) is 11.2. The molecule has 0 fully saturated rings. The fraction of sp³-hybridized carbons (Fsp3) is 0.167. The second-order valence-electron chi connectivity index (χ2n) is 4.90. The van der Waals surface area contributed by atoms with Gasteiger partial charge in [-0.2, -0.15) is 0 Å². The van der Waals surface area contributed by atoms with Gasteiger partial charge in [0.15, 0.2) is 0 Å². The largest absolute Gasteiger partial charge is 0.497 e. The minimum Gasteiger partial charge on any atom is -0.497 e. The maximum Gasteiger partial charge on any atom is 0.247 e. The van der Waals surface area contributed by atoms with E-state index in [2.05, 4.69) is 10.6 Å². The SMILES string of the molecule is COc1ccc(CN/C(Cl)=C\C(=O)NCc2ccccc2)cc1. The van der Waals surface area contributed by atoms with E-state index in [0.29, 0.717) is 18.2 Å². The van der Waals surface area contributed by atoms with Gasteiger partial charge in [0.05, 0.1) is 7.11 Å². The van der Waals surface area contributed by atoms with E-state index in [-0.39, 0.29) is 5.91 Å². The highest BCUT2D eigenvalue weighted by Crippen LogP contribution is 2.11. The summed E-state index contributed by atoms with van der Waals surface area (Å²) in [6.07, 6.45) is 1.34. The van der Waals surface area contributed by atoms with Crippen molar-refractivity contribution < 1.29 is 9.53 Å². The fourth-order valence-electron chi connectivity index (χ4n) is 1.93. The quantitative estimate of drug-likeness (QED) is 0.605. The molecule has 120 valence electrons. The topological polar surface area (TPSA) is 50.4 Å². The lowest BCUT2D eigenvalue weighted by Gasteiger charge is -2.07. The Balaban J connectivity index is 1.78. The Kier molecular flexibility index (Phi) is 6.51. The molecule has 0 saturated heterocycles. The summed E-state index contributed by atoms with van der Waals surface area (Å²) in [5.74, 6) is 0.566. The van der Waals surface area contributed by atoms with Crippen LogP contribution in [0.2, 0.25) is 0 Å². The minimum atomic E-state index is -0.235. The van der Waals surface area contributed by atoms with Gasteiger partial charge in [-0.1, -0.05) is 54.1 Å². The Morgan fingerprint density at radius 3 is 2.26 bits per heavy atom. The molecule has 0 aromatic heterocycles. The van der Waals surface area contributed by atoms with Crippen LogP contribution in [0.15, 0.2) is 65.8 Å². The molecule has 0 radical (unpaired) electrons. The Bertz CT molecular complexity index is 654. The molecule has 2 N–H and O–H groups in total. The molecule has 0 spiro atoms. The van der Waals surface area contributed by atoms with Crippen molar-refractivity contribution in [3.8, 4) is 5.75 Å². The lowest BCUT2D eigenvalue weighted by atomic mass is 10.2. The van der Waals surface area contributed by atoms with Crippen LogP contribution in [0.5, 0.6) is 5.75 Å². The summed E-state index contributed by atoms with van der Waals surface area (Å²) in [4.78, 5) is 11.8. The second-order valence-corrected chi connectivity index (χ2v) is 5.30. The van der Waals surface area contributed by atoms with E-state index in [1.807, 2.05) is 54.6 Å². The van der Waals surface area contributed by atoms with Crippen LogP contribution < -0.4 is 15.4 Å². The molecule has 2 aromatic rings. The highest BCUT2D eigenvalue weighted by Gasteiger charge is 2.01. The molecule has 0 heterocycles. The number of amides is 1. The molecule has 0 unspecified atom stereocenters. The van der Waals surface area contributed by atoms with Gasteiger partial charge < -0.3 is 15.4 Å². The van der Waals surface area contributed by atoms with E-state index in [0.717, 1.165) is 16.9 Å². The van der Waals surface area contributed by atoms with Crippen LogP contribution in [-0.2, 0) is 17.9 Å². The molecule has 0 atom stereocenters. The zero-order chi connectivity index (χ0) is 16.5. The molecule has 0 aliphatic heterocycles. The molecule has 5 heteroatoms. The molecule has 0 bridgehead atoms. The molecule has 23 heavy (non-hydrogen) atoms. The first kappa shape index (κ1) is 16.9. The smallest absolute Gasteiger partial charge is 0.247 e. The van der Waals surface area contributed by atoms with Gasteiger partial charge in [0, 0.05) is 19.2 Å². The van der Waals surface area contributed by atoms with Gasteiger partial charge in [-0.25, -0.2) is 0 Å². The normalized spacial score (nSPS) is 11.0. The van der Waals surface area contributed by atoms with E-state index >= 15 is 0 Å². The molecule has 0 aliphatic rings. The van der Waals surface area contributed by atoms with Gasteiger partial charge in [-0.15, -0.1) is 0 Å². The molecule has 4 nitrogen and oxygen atoms in total. The lowest BCUT2D eigenvalue weighted by molar-refractivity contribution is -0.116. The summed E-state index contributed by atoms with van der Waals surface area (Å²) < 4.78 is 5.10. The molecule has 2 aromatic carbocycles. The second kappa shape index (κ2) is 8.86. The zero-order valence-corrected chi connectivity index (χ0v) is 13.6. The predicted octanol–water partition coefficient (Wildman–Crippen LogP) is 3.18. The van der Waals surface area contributed by atoms with Crippen LogP contribution >= 0.6 is 11.6 Å². The molecule has 0 saturated carbocycles. The van der Waals surface area contributed by atoms with E-state index in [1.54, 1.807) is 7.11 Å². The third-order valence-corrected chi connectivity index (χ3v) is 3.43. The zero-order valence-electron chi connectivity index (χ0n) is 12.9. The molecule has 0 aliphatic carbocycles. The number of nitrogens with one attached hydrogen (secondary N) is 2. The number of ether oxygens (including phenoxy) is 1. The van der Waals surface area contributed by atoms with Crippen molar-refractivity contribution in [2.24, 2.45) is 0 Å². The summed E-state index contributed by atoms with van der Waals surface area (Å²) in [7, 11) is 1.63. The number of methoxy groups -OCH3 is 1. The van der Waals surface area contributed by atoms with Crippen molar-refractivity contribution in [1.29, 1.82) is 0 Å². The lowest BCUT2D eigenvalue weighted by Crippen LogP contribution is -2.22. The first-order valence-electron chi connectivity index (χ1n) is 7.23. The maximum absolute atomic E-state index is 11.8. The third-order valence-electron chi connectivity index (χ3n) is 3.19. The van der Waals surface area contributed by atoms with Crippen LogP contribution in [0, 0.1) is 0 Å². The highest BCUT2D eigenvalue weighted by molar-refractivity contribution is 6.30. The molecular formula is C18H19ClN2O2. The van der Waals surface area contributed by atoms with Crippen LogP contribution in [0.1, 0.15) is 11.1 Å². The number of carbonyl (C=O) groups is 1. The average Bonchev–Trinajstić information content (AvgIpc) is 2.59. The Labute approximate surface area is 141 Å². The van der Waals surface area contributed by atoms with Crippen LogP contribution in [0.3, 0.4) is 0 Å². The summed E-state index contributed by atoms with van der Waals surface area (Å²) in [6.45, 7) is 1.00. The monoisotopic (exact) mass is 330 g/mol. The Morgan fingerprint density at radius 2 is 1.61 bits per heavy atom. The van der Waals surface area contributed by atoms with E-state index in [9.17, 15) is 4.79 Å². The summed E-state index contributed by atoms with van der Waals surface area (Å²) >= 11 is 6.03. The van der Waals surface area contributed by atoms with Crippen molar-refractivity contribution in [2.45, 2.75) is 13.1 Å². The standard InChI is InChI=1S/C18H19ClN2O2/c1-23-16-9-7-15(8-10-16)12-20-17(19)11-18(22)21-13-14-5-3-2-4-6-14/h2-11,20H,12-13H2,1H3,(H,21,22)/b17-11-. The Morgan fingerprint density at radius 1 is 1.00 bits per heavy atom. The van der Waals surface area contributed by atoms with Crippen molar-refractivity contribution >= 4 is 17.5 Å². The van der Waals surface area contributed by atoms with Crippen molar-refractivity contribution in [3.05, 3.63) is 77.0 Å². The Hall–Kier alpha value is -2.46. The van der Waals surface area contributed by atoms with Gasteiger partial charge in [-0.05, 0) is 23.3 Å². The first-order valence-corrected chi connectivity index (χ1v) is 7.61. The summed E-state index contributed by atoms with van der Waals surface area (Å²) in [5.41, 5.74) is 2.08.